The minimum absolute atomic E-state index is 0.530. The molecule has 1 aliphatic rings. The Hall–Kier alpha value is -2.96. The fourth-order valence-electron chi connectivity index (χ4n) is 3.97. The molecule has 0 amide bonds. The van der Waals surface area contributed by atoms with Gasteiger partial charge in [-0.15, -0.1) is 0 Å². The van der Waals surface area contributed by atoms with E-state index in [-0.39, 0.29) is 0 Å². The zero-order valence-electron chi connectivity index (χ0n) is 15.4. The van der Waals surface area contributed by atoms with Gasteiger partial charge >= 0.3 is 0 Å². The summed E-state index contributed by atoms with van der Waals surface area (Å²) in [4.78, 5) is 23.9. The van der Waals surface area contributed by atoms with Crippen LogP contribution in [0.4, 0.5) is 5.82 Å². The fraction of sp³-hybridized carbons (Fsp3) is 0.400. The minimum Gasteiger partial charge on any atom is -0.422 e. The summed E-state index contributed by atoms with van der Waals surface area (Å²) in [5.41, 5.74) is 3.50. The molecule has 138 valence electrons. The third-order valence-corrected chi connectivity index (χ3v) is 5.26. The van der Waals surface area contributed by atoms with E-state index in [0.717, 1.165) is 60.5 Å². The highest BCUT2D eigenvalue weighted by Crippen LogP contribution is 2.29. The van der Waals surface area contributed by atoms with Crippen molar-refractivity contribution in [2.45, 2.75) is 32.6 Å². The van der Waals surface area contributed by atoms with E-state index in [4.69, 9.17) is 9.40 Å². The topological polar surface area (TPSA) is 83.7 Å². The van der Waals surface area contributed by atoms with Crippen molar-refractivity contribution in [2.24, 2.45) is 5.92 Å². The van der Waals surface area contributed by atoms with E-state index in [0.29, 0.717) is 17.5 Å². The van der Waals surface area contributed by atoms with Crippen LogP contribution in [0, 0.1) is 5.92 Å². The number of aromatic amines is 1. The van der Waals surface area contributed by atoms with Crippen LogP contribution in [0.25, 0.3) is 22.3 Å². The number of imidazole rings is 1. The quantitative estimate of drug-likeness (QED) is 0.598. The second kappa shape index (κ2) is 6.64. The lowest BCUT2D eigenvalue weighted by Gasteiger charge is -2.33. The molecule has 0 saturated carbocycles. The van der Waals surface area contributed by atoms with E-state index < -0.39 is 0 Å². The van der Waals surface area contributed by atoms with Crippen LogP contribution in [0.3, 0.4) is 0 Å². The molecule has 0 spiro atoms. The predicted octanol–water partition coefficient (Wildman–Crippen LogP) is 3.52. The number of nitrogens with one attached hydrogen (secondary N) is 1. The smallest absolute Gasteiger partial charge is 0.252 e. The second-order valence-electron chi connectivity index (χ2n) is 7.17. The molecule has 1 aliphatic heterocycles. The van der Waals surface area contributed by atoms with E-state index in [2.05, 4.69) is 37.0 Å². The zero-order valence-corrected chi connectivity index (χ0v) is 15.4. The maximum atomic E-state index is 5.70. The van der Waals surface area contributed by atoms with Crippen LogP contribution in [-0.2, 0) is 12.8 Å². The first-order valence-corrected chi connectivity index (χ1v) is 9.59. The molecule has 1 aromatic carbocycles. The third kappa shape index (κ3) is 3.03. The van der Waals surface area contributed by atoms with Gasteiger partial charge in [-0.05, 0) is 30.9 Å². The van der Waals surface area contributed by atoms with Gasteiger partial charge in [0.1, 0.15) is 12.2 Å². The third-order valence-electron chi connectivity index (χ3n) is 5.26. The number of hydrogen-bond acceptors (Lipinski definition) is 6. The summed E-state index contributed by atoms with van der Waals surface area (Å²) in [6, 6.07) is 8.19. The van der Waals surface area contributed by atoms with Crippen molar-refractivity contribution in [2.75, 3.05) is 18.0 Å². The Balaban J connectivity index is 1.38. The molecule has 1 N–H and O–H groups in total. The SMILES string of the molecule is CCc1nc2c(N3CCC[C@H](Cc4nc5ccccc5[nH]4)C3)ncnc2o1. The van der Waals surface area contributed by atoms with E-state index in [9.17, 15) is 0 Å². The number of nitrogens with zero attached hydrogens (tertiary/aromatic N) is 5. The number of piperidine rings is 1. The monoisotopic (exact) mass is 362 g/mol. The maximum Gasteiger partial charge on any atom is 0.252 e. The Kier molecular flexibility index (Phi) is 3.99. The fourth-order valence-corrected chi connectivity index (χ4v) is 3.97. The Morgan fingerprint density at radius 2 is 2.15 bits per heavy atom. The number of para-hydroxylation sites is 2. The van der Waals surface area contributed by atoms with Crippen molar-refractivity contribution in [3.8, 4) is 0 Å². The predicted molar refractivity (Wildman–Crippen MR) is 104 cm³/mol. The van der Waals surface area contributed by atoms with Gasteiger partial charge in [-0.2, -0.15) is 4.98 Å². The largest absolute Gasteiger partial charge is 0.422 e. The first-order valence-electron chi connectivity index (χ1n) is 9.59. The van der Waals surface area contributed by atoms with Crippen molar-refractivity contribution < 1.29 is 4.42 Å². The molecule has 1 fully saturated rings. The Morgan fingerprint density at radius 3 is 3.04 bits per heavy atom. The van der Waals surface area contributed by atoms with Crippen molar-refractivity contribution >= 4 is 28.1 Å². The highest BCUT2D eigenvalue weighted by Gasteiger charge is 2.25. The molecule has 1 saturated heterocycles. The summed E-state index contributed by atoms with van der Waals surface area (Å²) < 4.78 is 5.70. The van der Waals surface area contributed by atoms with E-state index in [1.54, 1.807) is 6.33 Å². The van der Waals surface area contributed by atoms with Crippen LogP contribution in [-0.4, -0.2) is 38.0 Å². The zero-order chi connectivity index (χ0) is 18.2. The highest BCUT2D eigenvalue weighted by atomic mass is 16.4. The standard InChI is InChI=1S/C20H22N6O/c1-2-17-25-18-19(21-12-22-20(18)27-17)26-9-5-6-13(11-26)10-16-23-14-7-3-4-8-15(14)24-16/h3-4,7-8,12-13H,2,5-6,9-11H2,1H3,(H,23,24)/t13-/m1/s1. The number of rotatable bonds is 4. The van der Waals surface area contributed by atoms with Crippen LogP contribution in [0.2, 0.25) is 0 Å². The van der Waals surface area contributed by atoms with Crippen molar-refractivity contribution in [1.29, 1.82) is 0 Å². The number of fused-ring (bicyclic) bond motifs is 2. The summed E-state index contributed by atoms with van der Waals surface area (Å²) in [6.45, 7) is 3.95. The molecular formula is C20H22N6O. The van der Waals surface area contributed by atoms with Gasteiger partial charge in [-0.25, -0.2) is 15.0 Å². The van der Waals surface area contributed by atoms with Crippen LogP contribution in [0.15, 0.2) is 35.0 Å². The molecule has 0 aliphatic carbocycles. The highest BCUT2D eigenvalue weighted by molar-refractivity contribution is 5.81. The van der Waals surface area contributed by atoms with E-state index in [1.165, 1.54) is 6.42 Å². The Bertz CT molecular complexity index is 1050. The number of anilines is 1. The number of benzene rings is 1. The Labute approximate surface area is 156 Å². The second-order valence-corrected chi connectivity index (χ2v) is 7.17. The molecule has 7 heteroatoms. The molecule has 4 heterocycles. The van der Waals surface area contributed by atoms with Crippen molar-refractivity contribution in [3.05, 3.63) is 42.3 Å². The molecule has 5 rings (SSSR count). The van der Waals surface area contributed by atoms with Gasteiger partial charge < -0.3 is 14.3 Å². The van der Waals surface area contributed by atoms with E-state index >= 15 is 0 Å². The molecule has 4 aromatic rings. The molecule has 0 bridgehead atoms. The first-order chi connectivity index (χ1) is 13.3. The molecule has 1 atom stereocenters. The molecule has 27 heavy (non-hydrogen) atoms. The van der Waals surface area contributed by atoms with Crippen molar-refractivity contribution in [3.63, 3.8) is 0 Å². The number of aryl methyl sites for hydroxylation is 1. The number of oxazole rings is 1. The molecule has 0 radical (unpaired) electrons. The molecular weight excluding hydrogens is 340 g/mol. The summed E-state index contributed by atoms with van der Waals surface area (Å²) >= 11 is 0. The number of aromatic nitrogens is 5. The van der Waals surface area contributed by atoms with Gasteiger partial charge in [0.05, 0.1) is 11.0 Å². The van der Waals surface area contributed by atoms with E-state index in [1.807, 2.05) is 19.1 Å². The van der Waals surface area contributed by atoms with Gasteiger partial charge in [-0.3, -0.25) is 0 Å². The summed E-state index contributed by atoms with van der Waals surface area (Å²) in [5.74, 6) is 3.19. The lowest BCUT2D eigenvalue weighted by atomic mass is 9.94. The first kappa shape index (κ1) is 16.2. The maximum absolute atomic E-state index is 5.70. The van der Waals surface area contributed by atoms with Gasteiger partial charge in [0.25, 0.3) is 5.71 Å². The Morgan fingerprint density at radius 1 is 1.22 bits per heavy atom. The van der Waals surface area contributed by atoms with Crippen molar-refractivity contribution in [1.82, 2.24) is 24.9 Å². The molecule has 0 unspecified atom stereocenters. The minimum atomic E-state index is 0.530. The van der Waals surface area contributed by atoms with Gasteiger partial charge in [0.2, 0.25) is 0 Å². The lowest BCUT2D eigenvalue weighted by molar-refractivity contribution is 0.406. The van der Waals surface area contributed by atoms with Crippen LogP contribution in [0.1, 0.15) is 31.5 Å². The number of H-pyrrole nitrogens is 1. The summed E-state index contributed by atoms with van der Waals surface area (Å²) in [5, 5.41) is 0. The van der Waals surface area contributed by atoms with Crippen LogP contribution >= 0.6 is 0 Å². The summed E-state index contributed by atoms with van der Waals surface area (Å²) in [6.07, 6.45) is 5.60. The van der Waals surface area contributed by atoms with Gasteiger partial charge in [-0.1, -0.05) is 19.1 Å². The average molecular weight is 362 g/mol. The summed E-state index contributed by atoms with van der Waals surface area (Å²) in [7, 11) is 0. The average Bonchev–Trinajstić information content (AvgIpc) is 3.30. The molecule has 7 nitrogen and oxygen atoms in total. The van der Waals surface area contributed by atoms with Crippen LogP contribution < -0.4 is 4.90 Å². The van der Waals surface area contributed by atoms with Gasteiger partial charge in [0.15, 0.2) is 17.2 Å². The van der Waals surface area contributed by atoms with Gasteiger partial charge in [0, 0.05) is 25.9 Å². The molecule has 3 aromatic heterocycles. The normalized spacial score (nSPS) is 17.8. The lowest BCUT2D eigenvalue weighted by Crippen LogP contribution is -2.37. The van der Waals surface area contributed by atoms with Crippen LogP contribution in [0.5, 0.6) is 0 Å². The number of hydrogen-bond donors (Lipinski definition) is 1.